The molecule has 0 saturated carbocycles. The van der Waals surface area contributed by atoms with E-state index in [1.165, 1.54) is 12.3 Å². The average Bonchev–Trinajstić information content (AvgIpc) is 3.08. The van der Waals surface area contributed by atoms with Gasteiger partial charge >= 0.3 is 5.91 Å². The Bertz CT molecular complexity index is 790. The molecule has 5 rings (SSSR count). The fourth-order valence-electron chi connectivity index (χ4n) is 3.43. The van der Waals surface area contributed by atoms with Crippen LogP contribution in [0.5, 0.6) is 0 Å². The number of rotatable bonds is 4. The number of piperidine rings is 3. The minimum absolute atomic E-state index is 0.0125. The molecule has 1 aromatic heterocycles. The summed E-state index contributed by atoms with van der Waals surface area (Å²) in [7, 11) is 0. The van der Waals surface area contributed by atoms with Crippen LogP contribution in [0.4, 0.5) is 8.78 Å². The van der Waals surface area contributed by atoms with Crippen molar-refractivity contribution in [1.29, 1.82) is 0 Å². The first-order chi connectivity index (χ1) is 12.1. The van der Waals surface area contributed by atoms with E-state index >= 15 is 0 Å². The second-order valence-corrected chi connectivity index (χ2v) is 7.46. The van der Waals surface area contributed by atoms with Crippen LogP contribution >= 0.6 is 11.8 Å². The van der Waals surface area contributed by atoms with Gasteiger partial charge in [-0.3, -0.25) is 4.79 Å². The number of nitrogens with one attached hydrogen (secondary N) is 1. The Morgan fingerprint density at radius 2 is 2.08 bits per heavy atom. The first-order valence-corrected chi connectivity index (χ1v) is 9.02. The molecule has 2 bridgehead atoms. The molecule has 0 spiro atoms. The molecular formula is C17H17F2N3O2S. The highest BCUT2D eigenvalue weighted by atomic mass is 32.2. The van der Waals surface area contributed by atoms with E-state index in [0.29, 0.717) is 15.9 Å². The highest BCUT2D eigenvalue weighted by Crippen LogP contribution is 2.30. The largest absolute Gasteiger partial charge is 0.425 e. The summed E-state index contributed by atoms with van der Waals surface area (Å²) in [5.41, 5.74) is 0. The number of amides is 1. The van der Waals surface area contributed by atoms with Crippen molar-refractivity contribution >= 4 is 17.7 Å². The van der Waals surface area contributed by atoms with Crippen LogP contribution in [-0.4, -0.2) is 41.5 Å². The topological polar surface area (TPSA) is 58.4 Å². The molecule has 2 aromatic rings. The predicted octanol–water partition coefficient (Wildman–Crippen LogP) is 2.93. The third kappa shape index (κ3) is 3.55. The second-order valence-electron chi connectivity index (χ2n) is 6.38. The Kier molecular flexibility index (Phi) is 4.47. The number of fused-ring (bicyclic) bond motifs is 3. The van der Waals surface area contributed by atoms with Crippen molar-refractivity contribution in [2.75, 3.05) is 19.6 Å². The van der Waals surface area contributed by atoms with Crippen molar-refractivity contribution in [2.45, 2.75) is 28.9 Å². The van der Waals surface area contributed by atoms with E-state index in [-0.39, 0.29) is 17.8 Å². The quantitative estimate of drug-likeness (QED) is 0.903. The lowest BCUT2D eigenvalue weighted by Gasteiger charge is -2.44. The average molecular weight is 365 g/mol. The molecule has 3 saturated heterocycles. The van der Waals surface area contributed by atoms with Gasteiger partial charge in [-0.1, -0.05) is 11.8 Å². The summed E-state index contributed by atoms with van der Waals surface area (Å²) in [5, 5.41) is 3.36. The zero-order valence-corrected chi connectivity index (χ0v) is 14.2. The summed E-state index contributed by atoms with van der Waals surface area (Å²) in [4.78, 5) is 19.2. The van der Waals surface area contributed by atoms with Crippen molar-refractivity contribution in [3.05, 3.63) is 41.9 Å². The van der Waals surface area contributed by atoms with Crippen LogP contribution in [0.3, 0.4) is 0 Å². The number of benzene rings is 1. The molecule has 1 aromatic carbocycles. The Balaban J connectivity index is 1.40. The summed E-state index contributed by atoms with van der Waals surface area (Å²) in [6.07, 6.45) is 3.62. The molecule has 4 heterocycles. The number of nitrogens with zero attached hydrogens (tertiary/aromatic N) is 2. The minimum atomic E-state index is -0.926. The molecule has 1 unspecified atom stereocenters. The summed E-state index contributed by atoms with van der Waals surface area (Å²) >= 11 is 1.08. The number of halogens is 2. The standard InChI is InChI=1S/C17H17F2N3O2S/c18-12-2-1-11(7-13(12)19)25-15-8-20-17(24-15)16(23)21-14-9-22-5-3-10(14)4-6-22/h1-2,7-8,10,14H,3-6,9H2,(H,21,23). The number of carbonyl (C=O) groups excluding carboxylic acids is 1. The van der Waals surface area contributed by atoms with Crippen molar-refractivity contribution < 1.29 is 18.0 Å². The Morgan fingerprint density at radius 1 is 1.28 bits per heavy atom. The normalized spacial score (nSPS) is 25.1. The Labute approximate surface area is 147 Å². The lowest BCUT2D eigenvalue weighted by atomic mass is 9.84. The smallest absolute Gasteiger partial charge is 0.307 e. The van der Waals surface area contributed by atoms with E-state index in [9.17, 15) is 13.6 Å². The number of aromatic nitrogens is 1. The maximum atomic E-state index is 13.2. The minimum Gasteiger partial charge on any atom is -0.425 e. The highest BCUT2D eigenvalue weighted by Gasteiger charge is 2.35. The molecule has 132 valence electrons. The molecule has 3 aliphatic heterocycles. The number of carbonyl (C=O) groups is 1. The number of hydrogen-bond acceptors (Lipinski definition) is 5. The van der Waals surface area contributed by atoms with Crippen molar-refractivity contribution in [3.8, 4) is 0 Å². The summed E-state index contributed by atoms with van der Waals surface area (Å²) < 4.78 is 31.7. The van der Waals surface area contributed by atoms with Gasteiger partial charge in [0.05, 0.1) is 6.20 Å². The van der Waals surface area contributed by atoms with Crippen LogP contribution in [-0.2, 0) is 0 Å². The molecule has 5 nitrogen and oxygen atoms in total. The third-order valence-corrected chi connectivity index (χ3v) is 5.64. The Morgan fingerprint density at radius 3 is 2.76 bits per heavy atom. The van der Waals surface area contributed by atoms with E-state index in [1.54, 1.807) is 0 Å². The molecule has 1 amide bonds. The zero-order chi connectivity index (χ0) is 17.4. The van der Waals surface area contributed by atoms with Gasteiger partial charge in [-0.2, -0.15) is 0 Å². The van der Waals surface area contributed by atoms with Gasteiger partial charge in [0.15, 0.2) is 16.7 Å². The maximum absolute atomic E-state index is 13.2. The third-order valence-electron chi connectivity index (χ3n) is 4.76. The zero-order valence-electron chi connectivity index (χ0n) is 13.4. The van der Waals surface area contributed by atoms with Crippen LogP contribution < -0.4 is 5.32 Å². The van der Waals surface area contributed by atoms with Gasteiger partial charge in [-0.25, -0.2) is 13.8 Å². The van der Waals surface area contributed by atoms with Crippen LogP contribution in [0.2, 0.25) is 0 Å². The Hall–Kier alpha value is -1.93. The monoisotopic (exact) mass is 365 g/mol. The predicted molar refractivity (Wildman–Crippen MR) is 87.4 cm³/mol. The van der Waals surface area contributed by atoms with Gasteiger partial charge in [0.2, 0.25) is 0 Å². The molecule has 3 fully saturated rings. The molecule has 1 N–H and O–H groups in total. The van der Waals surface area contributed by atoms with Gasteiger partial charge in [0.1, 0.15) is 0 Å². The van der Waals surface area contributed by atoms with E-state index in [0.717, 1.165) is 56.4 Å². The van der Waals surface area contributed by atoms with Gasteiger partial charge in [0.25, 0.3) is 5.89 Å². The molecule has 25 heavy (non-hydrogen) atoms. The first-order valence-electron chi connectivity index (χ1n) is 8.20. The molecule has 3 aliphatic rings. The maximum Gasteiger partial charge on any atom is 0.307 e. The molecule has 8 heteroatoms. The summed E-state index contributed by atoms with van der Waals surface area (Å²) in [6.45, 7) is 3.07. The summed E-state index contributed by atoms with van der Waals surface area (Å²) in [5.74, 6) is -1.67. The van der Waals surface area contributed by atoms with Gasteiger partial charge in [0, 0.05) is 17.5 Å². The lowest BCUT2D eigenvalue weighted by molar-refractivity contribution is 0.0599. The number of oxazole rings is 1. The van der Waals surface area contributed by atoms with E-state index in [2.05, 4.69) is 15.2 Å². The summed E-state index contributed by atoms with van der Waals surface area (Å²) in [6, 6.07) is 3.70. The van der Waals surface area contributed by atoms with Crippen molar-refractivity contribution in [1.82, 2.24) is 15.2 Å². The van der Waals surface area contributed by atoms with E-state index in [4.69, 9.17) is 4.42 Å². The van der Waals surface area contributed by atoms with Crippen LogP contribution in [0, 0.1) is 17.6 Å². The molecule has 0 aliphatic carbocycles. The highest BCUT2D eigenvalue weighted by molar-refractivity contribution is 7.99. The molecule has 0 radical (unpaired) electrons. The van der Waals surface area contributed by atoms with Gasteiger partial charge in [-0.15, -0.1) is 0 Å². The second kappa shape index (κ2) is 6.76. The fourth-order valence-corrected chi connectivity index (χ4v) is 4.18. The van der Waals surface area contributed by atoms with Crippen LogP contribution in [0.1, 0.15) is 23.5 Å². The van der Waals surface area contributed by atoms with Crippen molar-refractivity contribution in [3.63, 3.8) is 0 Å². The van der Waals surface area contributed by atoms with E-state index < -0.39 is 11.6 Å². The molecule has 1 atom stereocenters. The van der Waals surface area contributed by atoms with E-state index in [1.807, 2.05) is 0 Å². The number of hydrogen-bond donors (Lipinski definition) is 1. The van der Waals surface area contributed by atoms with Crippen molar-refractivity contribution in [2.24, 2.45) is 5.92 Å². The van der Waals surface area contributed by atoms with Crippen LogP contribution in [0.15, 0.2) is 38.8 Å². The van der Waals surface area contributed by atoms with Crippen LogP contribution in [0.25, 0.3) is 0 Å². The lowest BCUT2D eigenvalue weighted by Crippen LogP contribution is -2.57. The van der Waals surface area contributed by atoms with Gasteiger partial charge < -0.3 is 14.6 Å². The first kappa shape index (κ1) is 16.5. The fraction of sp³-hybridized carbons (Fsp3) is 0.412. The van der Waals surface area contributed by atoms with Gasteiger partial charge in [-0.05, 0) is 50.0 Å². The SMILES string of the molecule is O=C(NC1CN2CCC1CC2)c1ncc(Sc2ccc(F)c(F)c2)o1. The molecular weight excluding hydrogens is 348 g/mol.